The van der Waals surface area contributed by atoms with Crippen LogP contribution in [-0.4, -0.2) is 55.8 Å². The van der Waals surface area contributed by atoms with Crippen molar-refractivity contribution in [2.45, 2.75) is 0 Å². The van der Waals surface area contributed by atoms with Crippen LogP contribution >= 0.6 is 22.6 Å². The highest BCUT2D eigenvalue weighted by Gasteiger charge is 1.89. The molecule has 0 fully saturated rings. The molecule has 1 N–H and O–H groups in total. The van der Waals surface area contributed by atoms with Gasteiger partial charge in [-0.05, 0) is 0 Å². The summed E-state index contributed by atoms with van der Waals surface area (Å²) in [5.41, 5.74) is 0. The first kappa shape index (κ1) is 13.6. The van der Waals surface area contributed by atoms with Crippen LogP contribution in [0.25, 0.3) is 0 Å². The van der Waals surface area contributed by atoms with E-state index < -0.39 is 0 Å². The fourth-order valence-electron chi connectivity index (χ4n) is 0.661. The van der Waals surface area contributed by atoms with Gasteiger partial charge in [-0.3, -0.25) is 0 Å². The lowest BCUT2D eigenvalue weighted by Gasteiger charge is -2.04. The molecule has 0 aromatic rings. The fourth-order valence-corrected chi connectivity index (χ4v) is 0.972. The van der Waals surface area contributed by atoms with Crippen LogP contribution in [0.15, 0.2) is 0 Å². The van der Waals surface area contributed by atoms with Crippen molar-refractivity contribution in [1.29, 1.82) is 0 Å². The van der Waals surface area contributed by atoms with E-state index in [-0.39, 0.29) is 6.61 Å². The minimum absolute atomic E-state index is 0.0682. The van der Waals surface area contributed by atoms with E-state index in [0.29, 0.717) is 33.0 Å². The summed E-state index contributed by atoms with van der Waals surface area (Å²) >= 11 is 2.26. The molecule has 0 bridgehead atoms. The number of aliphatic hydroxyl groups is 1. The number of alkyl halides is 1. The van der Waals surface area contributed by atoms with Gasteiger partial charge in [0.2, 0.25) is 0 Å². The molecule has 13 heavy (non-hydrogen) atoms. The maximum atomic E-state index is 8.38. The van der Waals surface area contributed by atoms with E-state index in [1.165, 1.54) is 0 Å². The summed E-state index contributed by atoms with van der Waals surface area (Å²) in [6.07, 6.45) is 0. The van der Waals surface area contributed by atoms with Gasteiger partial charge < -0.3 is 19.3 Å². The highest BCUT2D eigenvalue weighted by atomic mass is 127. The maximum Gasteiger partial charge on any atom is 0.0701 e. The first-order valence-corrected chi connectivity index (χ1v) is 5.84. The second-order valence-electron chi connectivity index (χ2n) is 2.25. The minimum Gasteiger partial charge on any atom is -0.394 e. The molecule has 0 atom stereocenters. The van der Waals surface area contributed by atoms with Crippen LogP contribution in [0.4, 0.5) is 0 Å². The van der Waals surface area contributed by atoms with E-state index >= 15 is 0 Å². The van der Waals surface area contributed by atoms with Gasteiger partial charge >= 0.3 is 0 Å². The Balaban J connectivity index is 2.76. The smallest absolute Gasteiger partial charge is 0.0701 e. The van der Waals surface area contributed by atoms with Gasteiger partial charge in [-0.1, -0.05) is 22.6 Å². The predicted molar refractivity (Wildman–Crippen MR) is 58.4 cm³/mol. The number of hydrogen-bond donors (Lipinski definition) is 1. The van der Waals surface area contributed by atoms with Gasteiger partial charge in [-0.2, -0.15) is 0 Å². The number of rotatable bonds is 10. The molecular formula is C8H17IO4. The summed E-state index contributed by atoms with van der Waals surface area (Å²) in [6, 6.07) is 0. The summed E-state index contributed by atoms with van der Waals surface area (Å²) in [7, 11) is 0. The molecule has 0 aliphatic rings. The molecule has 5 heteroatoms. The molecule has 80 valence electrons. The lowest BCUT2D eigenvalue weighted by molar-refractivity contribution is 0.0102. The van der Waals surface area contributed by atoms with Crippen LogP contribution in [0, 0.1) is 0 Å². The topological polar surface area (TPSA) is 47.9 Å². The third-order valence-electron chi connectivity index (χ3n) is 1.20. The van der Waals surface area contributed by atoms with Gasteiger partial charge in [0.05, 0.1) is 46.2 Å². The number of halogens is 1. The van der Waals surface area contributed by atoms with Crippen molar-refractivity contribution in [3.63, 3.8) is 0 Å². The molecule has 0 saturated heterocycles. The molecule has 0 amide bonds. The van der Waals surface area contributed by atoms with Crippen LogP contribution in [0.3, 0.4) is 0 Å². The average molecular weight is 304 g/mol. The predicted octanol–water partition coefficient (Wildman–Crippen LogP) is 0.463. The molecule has 0 saturated carbocycles. The lowest BCUT2D eigenvalue weighted by Crippen LogP contribution is -2.11. The first-order valence-electron chi connectivity index (χ1n) is 4.32. The summed E-state index contributed by atoms with van der Waals surface area (Å²) in [4.78, 5) is 0. The summed E-state index contributed by atoms with van der Waals surface area (Å²) < 4.78 is 16.4. The van der Waals surface area contributed by atoms with Gasteiger partial charge in [-0.25, -0.2) is 0 Å². The van der Waals surface area contributed by atoms with Crippen LogP contribution in [0.5, 0.6) is 0 Å². The Bertz CT molecular complexity index is 82.2. The molecule has 0 aliphatic heterocycles. The lowest BCUT2D eigenvalue weighted by atomic mass is 10.7. The summed E-state index contributed by atoms with van der Waals surface area (Å²) in [6.45, 7) is 3.58. The van der Waals surface area contributed by atoms with E-state index in [2.05, 4.69) is 22.6 Å². The second kappa shape index (κ2) is 12.6. The molecule has 0 spiro atoms. The highest BCUT2D eigenvalue weighted by molar-refractivity contribution is 14.1. The van der Waals surface area contributed by atoms with E-state index in [1.807, 2.05) is 0 Å². The Labute approximate surface area is 92.7 Å². The van der Waals surface area contributed by atoms with Crippen molar-refractivity contribution in [3.8, 4) is 0 Å². The highest BCUT2D eigenvalue weighted by Crippen LogP contribution is 1.84. The zero-order valence-corrected chi connectivity index (χ0v) is 9.86. The van der Waals surface area contributed by atoms with E-state index in [4.69, 9.17) is 19.3 Å². The third kappa shape index (κ3) is 12.6. The van der Waals surface area contributed by atoms with Crippen molar-refractivity contribution in [1.82, 2.24) is 0 Å². The van der Waals surface area contributed by atoms with E-state index in [9.17, 15) is 0 Å². The molecular weight excluding hydrogens is 287 g/mol. The SMILES string of the molecule is OCCOCCOCCOCCI. The Kier molecular flexibility index (Phi) is 13.1. The van der Waals surface area contributed by atoms with Crippen molar-refractivity contribution < 1.29 is 19.3 Å². The number of aliphatic hydroxyl groups excluding tert-OH is 1. The van der Waals surface area contributed by atoms with Crippen LogP contribution in [0.2, 0.25) is 0 Å². The molecule has 0 aromatic carbocycles. The Morgan fingerprint density at radius 1 is 0.769 bits per heavy atom. The molecule has 4 nitrogen and oxygen atoms in total. The van der Waals surface area contributed by atoms with Gasteiger partial charge in [0, 0.05) is 4.43 Å². The second-order valence-corrected chi connectivity index (χ2v) is 3.33. The summed E-state index contributed by atoms with van der Waals surface area (Å²) in [5.74, 6) is 0. The molecule has 0 radical (unpaired) electrons. The third-order valence-corrected chi connectivity index (χ3v) is 1.64. The Morgan fingerprint density at radius 2 is 1.23 bits per heavy atom. The van der Waals surface area contributed by atoms with Crippen LogP contribution in [0.1, 0.15) is 0 Å². The summed E-state index contributed by atoms with van der Waals surface area (Å²) in [5, 5.41) is 8.38. The molecule has 0 aliphatic carbocycles. The minimum atomic E-state index is 0.0682. The van der Waals surface area contributed by atoms with Crippen molar-refractivity contribution in [2.24, 2.45) is 0 Å². The number of hydrogen-bond acceptors (Lipinski definition) is 4. The molecule has 0 unspecified atom stereocenters. The van der Waals surface area contributed by atoms with Gasteiger partial charge in [0.1, 0.15) is 0 Å². The van der Waals surface area contributed by atoms with Gasteiger partial charge in [0.25, 0.3) is 0 Å². The monoisotopic (exact) mass is 304 g/mol. The van der Waals surface area contributed by atoms with Gasteiger partial charge in [0.15, 0.2) is 0 Å². The van der Waals surface area contributed by atoms with E-state index in [1.54, 1.807) is 0 Å². The Morgan fingerprint density at radius 3 is 1.69 bits per heavy atom. The van der Waals surface area contributed by atoms with Crippen LogP contribution < -0.4 is 0 Å². The standard InChI is InChI=1S/C8H17IO4/c9-1-3-11-5-7-13-8-6-12-4-2-10/h10H,1-8H2. The van der Waals surface area contributed by atoms with Crippen molar-refractivity contribution >= 4 is 22.6 Å². The zero-order chi connectivity index (χ0) is 9.78. The molecule has 0 heterocycles. The largest absolute Gasteiger partial charge is 0.394 e. The fraction of sp³-hybridized carbons (Fsp3) is 1.00. The quantitative estimate of drug-likeness (QED) is 0.362. The Hall–Kier alpha value is 0.570. The van der Waals surface area contributed by atoms with E-state index in [0.717, 1.165) is 11.0 Å². The maximum absolute atomic E-state index is 8.38. The first-order chi connectivity index (χ1) is 6.41. The van der Waals surface area contributed by atoms with Crippen molar-refractivity contribution in [3.05, 3.63) is 0 Å². The van der Waals surface area contributed by atoms with Crippen molar-refractivity contribution in [2.75, 3.05) is 50.7 Å². The normalized spacial score (nSPS) is 10.6. The van der Waals surface area contributed by atoms with Crippen LogP contribution in [-0.2, 0) is 14.2 Å². The molecule has 0 rings (SSSR count). The average Bonchev–Trinajstić information content (AvgIpc) is 2.16. The number of ether oxygens (including phenoxy) is 3. The zero-order valence-electron chi connectivity index (χ0n) is 7.71. The van der Waals surface area contributed by atoms with Gasteiger partial charge in [-0.15, -0.1) is 0 Å². The molecule has 0 aromatic heterocycles.